The molecule has 1 aromatic carbocycles. The van der Waals surface area contributed by atoms with Gasteiger partial charge in [0.05, 0.1) is 11.6 Å². The number of anilines is 2. The Morgan fingerprint density at radius 2 is 1.84 bits per heavy atom. The van der Waals surface area contributed by atoms with Crippen molar-refractivity contribution in [2.45, 2.75) is 5.92 Å². The van der Waals surface area contributed by atoms with Crippen LogP contribution in [-0.2, 0) is 5.92 Å². The molecule has 0 aliphatic heterocycles. The topological polar surface area (TPSA) is 66.5 Å². The summed E-state index contributed by atoms with van der Waals surface area (Å²) < 4.78 is 42.7. The minimum absolute atomic E-state index is 0.243. The van der Waals surface area contributed by atoms with Gasteiger partial charge in [-0.3, -0.25) is 5.10 Å². The van der Waals surface area contributed by atoms with E-state index in [1.807, 2.05) is 0 Å². The fourth-order valence-corrected chi connectivity index (χ4v) is 3.10. The van der Waals surface area contributed by atoms with E-state index in [1.165, 1.54) is 17.5 Å². The molecule has 0 saturated heterocycles. The molecule has 5 nitrogen and oxygen atoms in total. The van der Waals surface area contributed by atoms with Crippen molar-refractivity contribution in [1.82, 2.24) is 20.2 Å². The largest absolute Gasteiger partial charge is 0.331 e. The maximum absolute atomic E-state index is 14.8. The molecule has 25 heavy (non-hydrogen) atoms. The molecule has 0 fully saturated rings. The van der Waals surface area contributed by atoms with E-state index >= 15 is 0 Å². The second-order valence-corrected chi connectivity index (χ2v) is 6.11. The van der Waals surface area contributed by atoms with Crippen molar-refractivity contribution < 1.29 is 13.2 Å². The zero-order valence-corrected chi connectivity index (χ0v) is 13.3. The predicted octanol–water partition coefficient (Wildman–Crippen LogP) is 4.44. The number of aromatic nitrogens is 4. The van der Waals surface area contributed by atoms with Gasteiger partial charge in [0.25, 0.3) is 0 Å². The summed E-state index contributed by atoms with van der Waals surface area (Å²) >= 11 is 1.23. The predicted molar refractivity (Wildman–Crippen MR) is 88.7 cm³/mol. The van der Waals surface area contributed by atoms with Gasteiger partial charge in [-0.1, -0.05) is 0 Å². The molecule has 0 radical (unpaired) electrons. The van der Waals surface area contributed by atoms with Crippen LogP contribution in [0.4, 0.5) is 24.8 Å². The summed E-state index contributed by atoms with van der Waals surface area (Å²) in [5, 5.41) is 11.8. The average molecular weight is 361 g/mol. The van der Waals surface area contributed by atoms with Crippen LogP contribution in [0.15, 0.2) is 48.0 Å². The Kier molecular flexibility index (Phi) is 3.65. The highest BCUT2D eigenvalue weighted by Crippen LogP contribution is 2.37. The quantitative estimate of drug-likeness (QED) is 0.564. The van der Waals surface area contributed by atoms with Gasteiger partial charge in [0.1, 0.15) is 22.3 Å². The minimum atomic E-state index is -3.46. The van der Waals surface area contributed by atoms with Gasteiger partial charge in [-0.05, 0) is 35.7 Å². The zero-order valence-electron chi connectivity index (χ0n) is 12.5. The molecule has 4 rings (SSSR count). The molecule has 0 saturated carbocycles. The van der Waals surface area contributed by atoms with Gasteiger partial charge >= 0.3 is 5.92 Å². The standard InChI is InChI=1S/C16H10F3N5S/c17-10-3-1-9(2-4-10)16(18,19)15-22-13(21-12-5-7-20-24-12)11-6-8-25-14(11)23-15/h1-8H,(H2,20,21,22,23,24). The van der Waals surface area contributed by atoms with Crippen LogP contribution in [0.3, 0.4) is 0 Å². The molecule has 0 aliphatic rings. The third-order valence-corrected chi connectivity index (χ3v) is 4.37. The lowest BCUT2D eigenvalue weighted by atomic mass is 10.1. The van der Waals surface area contributed by atoms with E-state index in [-0.39, 0.29) is 11.4 Å². The fourth-order valence-electron chi connectivity index (χ4n) is 2.33. The maximum atomic E-state index is 14.8. The molecule has 0 amide bonds. The maximum Gasteiger partial charge on any atom is 0.331 e. The molecule has 9 heteroatoms. The van der Waals surface area contributed by atoms with E-state index < -0.39 is 17.6 Å². The van der Waals surface area contributed by atoms with Crippen molar-refractivity contribution in [2.24, 2.45) is 0 Å². The Balaban J connectivity index is 1.82. The molecule has 3 heterocycles. The summed E-state index contributed by atoms with van der Waals surface area (Å²) in [4.78, 5) is 8.43. The molecule has 0 spiro atoms. The normalized spacial score (nSPS) is 11.8. The van der Waals surface area contributed by atoms with Crippen LogP contribution in [0.2, 0.25) is 0 Å². The number of halogens is 3. The second kappa shape index (κ2) is 5.85. The number of hydrogen-bond donors (Lipinski definition) is 2. The smallest absolute Gasteiger partial charge is 0.325 e. The van der Waals surface area contributed by atoms with Crippen LogP contribution in [-0.4, -0.2) is 20.2 Å². The van der Waals surface area contributed by atoms with Crippen LogP contribution in [0.5, 0.6) is 0 Å². The van der Waals surface area contributed by atoms with E-state index in [4.69, 9.17) is 0 Å². The average Bonchev–Trinajstić information content (AvgIpc) is 3.26. The molecular formula is C16H10F3N5S. The molecule has 0 unspecified atom stereocenters. The molecule has 3 aromatic heterocycles. The zero-order chi connectivity index (χ0) is 17.4. The highest BCUT2D eigenvalue weighted by molar-refractivity contribution is 7.16. The Bertz CT molecular complexity index is 1010. The molecule has 4 aromatic rings. The molecule has 2 N–H and O–H groups in total. The minimum Gasteiger partial charge on any atom is -0.325 e. The first kappa shape index (κ1) is 15.6. The van der Waals surface area contributed by atoms with Crippen LogP contribution in [0.1, 0.15) is 11.4 Å². The number of fused-ring (bicyclic) bond motifs is 1. The first-order valence-corrected chi connectivity index (χ1v) is 8.08. The summed E-state index contributed by atoms with van der Waals surface area (Å²) in [7, 11) is 0. The molecule has 0 aliphatic carbocycles. The van der Waals surface area contributed by atoms with E-state index in [0.717, 1.165) is 24.3 Å². The van der Waals surface area contributed by atoms with E-state index in [9.17, 15) is 13.2 Å². The van der Waals surface area contributed by atoms with Gasteiger partial charge in [-0.15, -0.1) is 11.3 Å². The number of alkyl halides is 2. The van der Waals surface area contributed by atoms with Crippen LogP contribution >= 0.6 is 11.3 Å². The van der Waals surface area contributed by atoms with Gasteiger partial charge < -0.3 is 5.32 Å². The van der Waals surface area contributed by atoms with Crippen LogP contribution in [0.25, 0.3) is 10.2 Å². The highest BCUT2D eigenvalue weighted by Gasteiger charge is 2.38. The van der Waals surface area contributed by atoms with Crippen molar-refractivity contribution in [3.05, 3.63) is 65.2 Å². The lowest BCUT2D eigenvalue weighted by Gasteiger charge is -2.16. The van der Waals surface area contributed by atoms with Gasteiger partial charge in [0.15, 0.2) is 0 Å². The summed E-state index contributed by atoms with van der Waals surface area (Å²) in [5.41, 5.74) is -0.378. The van der Waals surface area contributed by atoms with Crippen LogP contribution < -0.4 is 5.32 Å². The van der Waals surface area contributed by atoms with Gasteiger partial charge in [-0.25, -0.2) is 14.4 Å². The third-order valence-electron chi connectivity index (χ3n) is 3.57. The summed E-state index contributed by atoms with van der Waals surface area (Å²) in [5.74, 6) is -3.95. The van der Waals surface area contributed by atoms with Crippen molar-refractivity contribution in [1.29, 1.82) is 0 Å². The number of nitrogens with one attached hydrogen (secondary N) is 2. The van der Waals surface area contributed by atoms with Gasteiger partial charge in [-0.2, -0.15) is 13.9 Å². The SMILES string of the molecule is Fc1ccc(C(F)(F)c2nc(Nc3ccn[nH]3)c3ccsc3n2)cc1. The Hall–Kier alpha value is -2.94. The van der Waals surface area contributed by atoms with E-state index in [0.29, 0.717) is 16.0 Å². The Morgan fingerprint density at radius 1 is 1.04 bits per heavy atom. The molecule has 0 bridgehead atoms. The number of H-pyrrole nitrogens is 1. The van der Waals surface area contributed by atoms with Gasteiger partial charge in [0, 0.05) is 11.6 Å². The Morgan fingerprint density at radius 3 is 2.56 bits per heavy atom. The number of aromatic amines is 1. The van der Waals surface area contributed by atoms with Crippen molar-refractivity contribution >= 4 is 33.2 Å². The number of hydrogen-bond acceptors (Lipinski definition) is 5. The highest BCUT2D eigenvalue weighted by atomic mass is 32.1. The molecule has 126 valence electrons. The lowest BCUT2D eigenvalue weighted by Crippen LogP contribution is -2.19. The lowest BCUT2D eigenvalue weighted by molar-refractivity contribution is 0.0333. The van der Waals surface area contributed by atoms with Crippen molar-refractivity contribution in [2.75, 3.05) is 5.32 Å². The van der Waals surface area contributed by atoms with Crippen LogP contribution in [0, 0.1) is 5.82 Å². The number of rotatable bonds is 4. The van der Waals surface area contributed by atoms with E-state index in [2.05, 4.69) is 25.5 Å². The van der Waals surface area contributed by atoms with Gasteiger partial charge in [0.2, 0.25) is 5.82 Å². The summed E-state index contributed by atoms with van der Waals surface area (Å²) in [6, 6.07) is 7.42. The first-order valence-electron chi connectivity index (χ1n) is 7.20. The Labute approximate surface area is 143 Å². The molecular weight excluding hydrogens is 351 g/mol. The molecule has 0 atom stereocenters. The third kappa shape index (κ3) is 2.82. The van der Waals surface area contributed by atoms with Crippen molar-refractivity contribution in [3.8, 4) is 0 Å². The first-order chi connectivity index (χ1) is 12.0. The monoisotopic (exact) mass is 361 g/mol. The van der Waals surface area contributed by atoms with E-state index in [1.54, 1.807) is 17.5 Å². The second-order valence-electron chi connectivity index (χ2n) is 5.21. The number of thiophene rings is 1. The number of nitrogens with zero attached hydrogens (tertiary/aromatic N) is 3. The summed E-state index contributed by atoms with van der Waals surface area (Å²) in [6.07, 6.45) is 1.53. The number of benzene rings is 1. The fraction of sp³-hybridized carbons (Fsp3) is 0.0625. The van der Waals surface area contributed by atoms with Crippen molar-refractivity contribution in [3.63, 3.8) is 0 Å². The summed E-state index contributed by atoms with van der Waals surface area (Å²) in [6.45, 7) is 0.